The highest BCUT2D eigenvalue weighted by molar-refractivity contribution is 7.10. The smallest absolute Gasteiger partial charge is 0.249 e. The highest BCUT2D eigenvalue weighted by atomic mass is 32.1. The van der Waals surface area contributed by atoms with Crippen LogP contribution in [0.1, 0.15) is 20.9 Å². The van der Waals surface area contributed by atoms with Crippen molar-refractivity contribution in [2.24, 2.45) is 5.73 Å². The summed E-state index contributed by atoms with van der Waals surface area (Å²) in [5.41, 5.74) is 6.63. The molecule has 3 N–H and O–H groups in total. The maximum absolute atomic E-state index is 10.9. The van der Waals surface area contributed by atoms with Crippen molar-refractivity contribution in [2.75, 3.05) is 0 Å². The quantitative estimate of drug-likeness (QED) is 0.824. The minimum Gasteiger partial charge on any atom is -0.366 e. The summed E-state index contributed by atoms with van der Waals surface area (Å²) in [6, 6.07) is 5.56. The predicted octanol–water partition coefficient (Wildman–Crippen LogP) is 0.927. The molecule has 17 heavy (non-hydrogen) atoms. The van der Waals surface area contributed by atoms with E-state index in [1.165, 1.54) is 11.3 Å². The highest BCUT2D eigenvalue weighted by Gasteiger charge is 2.04. The topological polar surface area (TPSA) is 80.9 Å². The first kappa shape index (κ1) is 11.7. The van der Waals surface area contributed by atoms with Crippen LogP contribution in [0.15, 0.2) is 29.8 Å². The number of carbonyl (C=O) groups is 1. The van der Waals surface area contributed by atoms with Gasteiger partial charge in [-0.1, -0.05) is 0 Å². The summed E-state index contributed by atoms with van der Waals surface area (Å²) in [7, 11) is 0. The second-order valence-corrected chi connectivity index (χ2v) is 4.48. The Hall–Kier alpha value is -1.79. The third-order valence-electron chi connectivity index (χ3n) is 2.17. The lowest BCUT2D eigenvalue weighted by Crippen LogP contribution is -2.13. The predicted molar refractivity (Wildman–Crippen MR) is 65.4 cm³/mol. The summed E-state index contributed by atoms with van der Waals surface area (Å²) in [4.78, 5) is 12.0. The van der Waals surface area contributed by atoms with Gasteiger partial charge in [-0.25, -0.2) is 0 Å². The van der Waals surface area contributed by atoms with Crippen LogP contribution in [0.4, 0.5) is 0 Å². The number of nitrogens with zero attached hydrogens (tertiary/aromatic N) is 2. The zero-order valence-electron chi connectivity index (χ0n) is 9.09. The third-order valence-corrected chi connectivity index (χ3v) is 3.11. The van der Waals surface area contributed by atoms with Crippen LogP contribution in [0.2, 0.25) is 0 Å². The fourth-order valence-electron chi connectivity index (χ4n) is 1.34. The van der Waals surface area contributed by atoms with Gasteiger partial charge in [0.05, 0.1) is 11.3 Å². The molecule has 6 heteroatoms. The number of thiophene rings is 1. The summed E-state index contributed by atoms with van der Waals surface area (Å²) in [5, 5.41) is 12.7. The molecule has 0 aliphatic rings. The van der Waals surface area contributed by atoms with E-state index in [-0.39, 0.29) is 5.91 Å². The molecule has 5 nitrogen and oxygen atoms in total. The molecule has 0 unspecified atom stereocenters. The molecule has 0 aromatic carbocycles. The molecule has 0 saturated heterocycles. The van der Waals surface area contributed by atoms with E-state index in [1.807, 2.05) is 12.1 Å². The van der Waals surface area contributed by atoms with Crippen molar-refractivity contribution in [2.45, 2.75) is 13.1 Å². The fourth-order valence-corrected chi connectivity index (χ4v) is 2.19. The second-order valence-electron chi connectivity index (χ2n) is 3.48. The lowest BCUT2D eigenvalue weighted by Gasteiger charge is -2.00. The molecule has 0 saturated carbocycles. The summed E-state index contributed by atoms with van der Waals surface area (Å²) < 4.78 is 0. The molecule has 0 radical (unpaired) electrons. The second kappa shape index (κ2) is 5.51. The Morgan fingerprint density at radius 3 is 3.00 bits per heavy atom. The Labute approximate surface area is 103 Å². The number of nitrogens with one attached hydrogen (secondary N) is 1. The Bertz CT molecular complexity index is 497. The number of hydrogen-bond donors (Lipinski definition) is 2. The zero-order valence-corrected chi connectivity index (χ0v) is 9.91. The minimum absolute atomic E-state index is 0.388. The largest absolute Gasteiger partial charge is 0.366 e. The number of rotatable bonds is 5. The first-order chi connectivity index (χ1) is 8.25. The Kier molecular flexibility index (Phi) is 3.79. The number of hydrogen-bond acceptors (Lipinski definition) is 5. The van der Waals surface area contributed by atoms with Crippen molar-refractivity contribution < 1.29 is 4.79 Å². The highest BCUT2D eigenvalue weighted by Crippen LogP contribution is 2.13. The number of aromatic nitrogens is 2. The summed E-state index contributed by atoms with van der Waals surface area (Å²) >= 11 is 1.51. The van der Waals surface area contributed by atoms with Gasteiger partial charge in [-0.15, -0.1) is 11.3 Å². The van der Waals surface area contributed by atoms with Crippen molar-refractivity contribution in [1.29, 1.82) is 0 Å². The van der Waals surface area contributed by atoms with Crippen LogP contribution in [0, 0.1) is 0 Å². The average Bonchev–Trinajstić information content (AvgIpc) is 2.79. The molecule has 2 aromatic rings. The van der Waals surface area contributed by atoms with E-state index < -0.39 is 0 Å². The lowest BCUT2D eigenvalue weighted by molar-refractivity contribution is 0.100. The SMILES string of the molecule is NC(=O)c1csc(CNCc2cccnn2)c1. The number of carbonyl (C=O) groups excluding carboxylic acids is 1. The van der Waals surface area contributed by atoms with Gasteiger partial charge in [0.1, 0.15) is 0 Å². The van der Waals surface area contributed by atoms with Crippen LogP contribution >= 0.6 is 11.3 Å². The molecule has 2 heterocycles. The van der Waals surface area contributed by atoms with Gasteiger partial charge in [0, 0.05) is 29.5 Å². The average molecular weight is 248 g/mol. The Morgan fingerprint density at radius 2 is 2.35 bits per heavy atom. The molecular weight excluding hydrogens is 236 g/mol. The fraction of sp³-hybridized carbons (Fsp3) is 0.182. The van der Waals surface area contributed by atoms with E-state index in [2.05, 4.69) is 15.5 Å². The van der Waals surface area contributed by atoms with Crippen molar-refractivity contribution in [3.63, 3.8) is 0 Å². The number of nitrogens with two attached hydrogens (primary N) is 1. The van der Waals surface area contributed by atoms with Crippen LogP contribution in [0.3, 0.4) is 0 Å². The van der Waals surface area contributed by atoms with Crippen molar-refractivity contribution in [1.82, 2.24) is 15.5 Å². The molecular formula is C11H12N4OS. The van der Waals surface area contributed by atoms with Crippen molar-refractivity contribution >= 4 is 17.2 Å². The first-order valence-electron chi connectivity index (χ1n) is 5.10. The molecule has 88 valence electrons. The summed E-state index contributed by atoms with van der Waals surface area (Å²) in [5.74, 6) is -0.388. The molecule has 0 bridgehead atoms. The molecule has 0 aliphatic heterocycles. The molecule has 0 aliphatic carbocycles. The van der Waals surface area contributed by atoms with E-state index in [4.69, 9.17) is 5.73 Å². The summed E-state index contributed by atoms with van der Waals surface area (Å²) in [6.07, 6.45) is 1.64. The lowest BCUT2D eigenvalue weighted by atomic mass is 10.3. The van der Waals surface area contributed by atoms with E-state index in [0.717, 1.165) is 10.6 Å². The van der Waals surface area contributed by atoms with Crippen molar-refractivity contribution in [3.8, 4) is 0 Å². The van der Waals surface area contributed by atoms with E-state index in [0.29, 0.717) is 18.7 Å². The molecule has 0 atom stereocenters. The van der Waals surface area contributed by atoms with Crippen LogP contribution in [-0.4, -0.2) is 16.1 Å². The van der Waals surface area contributed by atoms with Crippen molar-refractivity contribution in [3.05, 3.63) is 45.9 Å². The first-order valence-corrected chi connectivity index (χ1v) is 5.98. The normalized spacial score (nSPS) is 10.4. The van der Waals surface area contributed by atoms with Gasteiger partial charge in [-0.3, -0.25) is 4.79 Å². The van der Waals surface area contributed by atoms with Gasteiger partial charge in [0.15, 0.2) is 0 Å². The van der Waals surface area contributed by atoms with Gasteiger partial charge < -0.3 is 11.1 Å². The van der Waals surface area contributed by atoms with E-state index in [1.54, 1.807) is 17.6 Å². The van der Waals surface area contributed by atoms with E-state index in [9.17, 15) is 4.79 Å². The van der Waals surface area contributed by atoms with Crippen LogP contribution in [0.5, 0.6) is 0 Å². The molecule has 0 spiro atoms. The number of primary amides is 1. The summed E-state index contributed by atoms with van der Waals surface area (Å²) in [6.45, 7) is 1.34. The van der Waals surface area contributed by atoms with Gasteiger partial charge in [0.25, 0.3) is 0 Å². The number of amides is 1. The van der Waals surface area contributed by atoms with Crippen LogP contribution in [0.25, 0.3) is 0 Å². The molecule has 1 amide bonds. The maximum atomic E-state index is 10.9. The third kappa shape index (κ3) is 3.33. The monoisotopic (exact) mass is 248 g/mol. The molecule has 0 fully saturated rings. The molecule has 2 aromatic heterocycles. The Balaban J connectivity index is 1.84. The standard InChI is InChI=1S/C11H12N4OS/c12-11(16)8-4-10(17-7-8)6-13-5-9-2-1-3-14-15-9/h1-4,7,13H,5-6H2,(H2,12,16). The van der Waals surface area contributed by atoms with Gasteiger partial charge >= 0.3 is 0 Å². The van der Waals surface area contributed by atoms with Crippen LogP contribution in [-0.2, 0) is 13.1 Å². The van der Waals surface area contributed by atoms with E-state index >= 15 is 0 Å². The van der Waals surface area contributed by atoms with Gasteiger partial charge in [0.2, 0.25) is 5.91 Å². The molecule has 2 rings (SSSR count). The Morgan fingerprint density at radius 1 is 1.47 bits per heavy atom. The maximum Gasteiger partial charge on any atom is 0.249 e. The van der Waals surface area contributed by atoms with Gasteiger partial charge in [-0.2, -0.15) is 10.2 Å². The minimum atomic E-state index is -0.388. The van der Waals surface area contributed by atoms with Gasteiger partial charge in [-0.05, 0) is 18.2 Å². The van der Waals surface area contributed by atoms with Crippen LogP contribution < -0.4 is 11.1 Å². The zero-order chi connectivity index (χ0) is 12.1.